The summed E-state index contributed by atoms with van der Waals surface area (Å²) in [5, 5.41) is 8.83. The average Bonchev–Trinajstić information content (AvgIpc) is 2.59. The first-order chi connectivity index (χ1) is 11.9. The minimum absolute atomic E-state index is 0.0321. The van der Waals surface area contributed by atoms with E-state index in [2.05, 4.69) is 13.2 Å². The quantitative estimate of drug-likeness (QED) is 0.371. The van der Waals surface area contributed by atoms with Crippen LogP contribution in [0.2, 0.25) is 0 Å². The first-order valence-corrected chi connectivity index (χ1v) is 7.53. The zero-order valence-corrected chi connectivity index (χ0v) is 13.7. The number of nitrogens with two attached hydrogens (primary N) is 1. The maximum absolute atomic E-state index is 12.2. The number of rotatable bonds is 10. The Morgan fingerprint density at radius 2 is 1.52 bits per heavy atom. The summed E-state index contributed by atoms with van der Waals surface area (Å²) >= 11 is 0. The zero-order chi connectivity index (χ0) is 18.8. The summed E-state index contributed by atoms with van der Waals surface area (Å²) < 4.78 is 9.91. The van der Waals surface area contributed by atoms with Gasteiger partial charge in [-0.25, -0.2) is 0 Å². The Morgan fingerprint density at radius 3 is 1.92 bits per heavy atom. The number of carboxylic acid groups (broad SMARTS) is 1. The standard InChI is InChI=1S/C18H21NO6/c1-3-9-24-17(22)15(18(23)25-10-4-2)13-7-5-12(6-8-13)11-14(19)16(20)21/h3-8,14-15H,1-2,9-11,19H2,(H,20,21)/t14-/m0/s1. The third-order valence-corrected chi connectivity index (χ3v) is 3.24. The summed E-state index contributed by atoms with van der Waals surface area (Å²) in [7, 11) is 0. The molecule has 3 N–H and O–H groups in total. The molecule has 0 fully saturated rings. The highest BCUT2D eigenvalue weighted by Gasteiger charge is 2.31. The summed E-state index contributed by atoms with van der Waals surface area (Å²) in [5.74, 6) is -3.88. The highest BCUT2D eigenvalue weighted by atomic mass is 16.6. The van der Waals surface area contributed by atoms with Crippen molar-refractivity contribution in [2.24, 2.45) is 5.73 Å². The molecule has 0 saturated carbocycles. The fourth-order valence-electron chi connectivity index (χ4n) is 2.00. The molecule has 0 aliphatic carbocycles. The van der Waals surface area contributed by atoms with Crippen LogP contribution in [0.25, 0.3) is 0 Å². The van der Waals surface area contributed by atoms with Gasteiger partial charge >= 0.3 is 17.9 Å². The lowest BCUT2D eigenvalue weighted by atomic mass is 9.96. The van der Waals surface area contributed by atoms with Crippen LogP contribution in [0, 0.1) is 0 Å². The van der Waals surface area contributed by atoms with Gasteiger partial charge in [-0.05, 0) is 17.5 Å². The lowest BCUT2D eigenvalue weighted by Gasteiger charge is -2.15. The van der Waals surface area contributed by atoms with Gasteiger partial charge in [0.2, 0.25) is 0 Å². The summed E-state index contributed by atoms with van der Waals surface area (Å²) in [5.41, 5.74) is 6.52. The smallest absolute Gasteiger partial charge is 0.325 e. The minimum atomic E-state index is -1.25. The van der Waals surface area contributed by atoms with Gasteiger partial charge in [0.1, 0.15) is 19.3 Å². The number of carbonyl (C=O) groups excluding carboxylic acids is 2. The Labute approximate surface area is 145 Å². The van der Waals surface area contributed by atoms with Gasteiger partial charge < -0.3 is 20.3 Å². The largest absolute Gasteiger partial charge is 0.480 e. The number of hydrogen-bond donors (Lipinski definition) is 2. The fourth-order valence-corrected chi connectivity index (χ4v) is 2.00. The molecule has 7 nitrogen and oxygen atoms in total. The fraction of sp³-hybridized carbons (Fsp3) is 0.278. The molecule has 0 radical (unpaired) electrons. The van der Waals surface area contributed by atoms with Crippen LogP contribution in [-0.2, 0) is 30.3 Å². The topological polar surface area (TPSA) is 116 Å². The molecule has 0 saturated heterocycles. The normalized spacial score (nSPS) is 11.4. The van der Waals surface area contributed by atoms with E-state index in [9.17, 15) is 14.4 Å². The van der Waals surface area contributed by atoms with Gasteiger partial charge in [0.05, 0.1) is 0 Å². The highest BCUT2D eigenvalue weighted by molar-refractivity contribution is 6.00. The maximum atomic E-state index is 12.2. The third kappa shape index (κ3) is 6.23. The Bertz CT molecular complexity index is 613. The summed E-state index contributed by atoms with van der Waals surface area (Å²) in [4.78, 5) is 35.1. The molecule has 0 unspecified atom stereocenters. The number of benzene rings is 1. The van der Waals surface area contributed by atoms with E-state index in [-0.39, 0.29) is 19.6 Å². The first-order valence-electron chi connectivity index (χ1n) is 7.53. The van der Waals surface area contributed by atoms with Crippen molar-refractivity contribution in [2.45, 2.75) is 18.4 Å². The van der Waals surface area contributed by atoms with Crippen molar-refractivity contribution in [3.8, 4) is 0 Å². The average molecular weight is 347 g/mol. The molecule has 0 bridgehead atoms. The van der Waals surface area contributed by atoms with Crippen LogP contribution in [0.3, 0.4) is 0 Å². The monoisotopic (exact) mass is 347 g/mol. The SMILES string of the molecule is C=CCOC(=O)C(C(=O)OCC=C)c1ccc(C[C@H](N)C(=O)O)cc1. The van der Waals surface area contributed by atoms with E-state index < -0.39 is 29.9 Å². The van der Waals surface area contributed by atoms with Gasteiger partial charge in [-0.1, -0.05) is 49.6 Å². The van der Waals surface area contributed by atoms with Crippen LogP contribution in [0.1, 0.15) is 17.0 Å². The van der Waals surface area contributed by atoms with Crippen molar-refractivity contribution >= 4 is 17.9 Å². The number of esters is 2. The molecule has 0 spiro atoms. The van der Waals surface area contributed by atoms with E-state index in [1.54, 1.807) is 24.3 Å². The molecule has 7 heteroatoms. The molecular weight excluding hydrogens is 326 g/mol. The predicted molar refractivity (Wildman–Crippen MR) is 90.8 cm³/mol. The Hall–Kier alpha value is -2.93. The van der Waals surface area contributed by atoms with E-state index in [1.807, 2.05) is 0 Å². The first kappa shape index (κ1) is 20.1. The van der Waals surface area contributed by atoms with Crippen molar-refractivity contribution in [1.29, 1.82) is 0 Å². The summed E-state index contributed by atoms with van der Waals surface area (Å²) in [6.07, 6.45) is 2.91. The molecule has 0 amide bonds. The maximum Gasteiger partial charge on any atom is 0.325 e. The van der Waals surface area contributed by atoms with Crippen LogP contribution in [-0.4, -0.2) is 42.3 Å². The van der Waals surface area contributed by atoms with Gasteiger partial charge in [-0.3, -0.25) is 14.4 Å². The van der Waals surface area contributed by atoms with Gasteiger partial charge in [-0.15, -0.1) is 0 Å². The Morgan fingerprint density at radius 1 is 1.04 bits per heavy atom. The van der Waals surface area contributed by atoms with E-state index in [1.165, 1.54) is 12.2 Å². The molecular formula is C18H21NO6. The van der Waals surface area contributed by atoms with Gasteiger partial charge in [0, 0.05) is 0 Å². The molecule has 1 aromatic rings. The van der Waals surface area contributed by atoms with Crippen LogP contribution in [0.5, 0.6) is 0 Å². The second-order valence-corrected chi connectivity index (χ2v) is 5.16. The van der Waals surface area contributed by atoms with Crippen LogP contribution >= 0.6 is 0 Å². The van der Waals surface area contributed by atoms with Crippen LogP contribution < -0.4 is 5.73 Å². The number of aliphatic carboxylic acids is 1. The third-order valence-electron chi connectivity index (χ3n) is 3.24. The number of hydrogen-bond acceptors (Lipinski definition) is 6. The van der Waals surface area contributed by atoms with Crippen molar-refractivity contribution < 1.29 is 29.0 Å². The molecule has 0 aliphatic heterocycles. The molecule has 1 aromatic carbocycles. The molecule has 0 aliphatic rings. The number of carbonyl (C=O) groups is 3. The lowest BCUT2D eigenvalue weighted by Crippen LogP contribution is -2.32. The van der Waals surface area contributed by atoms with Crippen molar-refractivity contribution in [3.63, 3.8) is 0 Å². The van der Waals surface area contributed by atoms with Crippen molar-refractivity contribution in [2.75, 3.05) is 13.2 Å². The van der Waals surface area contributed by atoms with E-state index in [0.29, 0.717) is 11.1 Å². The summed E-state index contributed by atoms with van der Waals surface area (Å²) in [6.45, 7) is 6.83. The molecule has 1 atom stereocenters. The van der Waals surface area contributed by atoms with Crippen molar-refractivity contribution in [3.05, 3.63) is 60.7 Å². The molecule has 25 heavy (non-hydrogen) atoms. The molecule has 0 aromatic heterocycles. The van der Waals surface area contributed by atoms with Gasteiger partial charge in [0.15, 0.2) is 5.92 Å². The Balaban J connectivity index is 2.98. The lowest BCUT2D eigenvalue weighted by molar-refractivity contribution is -0.156. The van der Waals surface area contributed by atoms with E-state index in [0.717, 1.165) is 0 Å². The molecule has 134 valence electrons. The van der Waals surface area contributed by atoms with Gasteiger partial charge in [-0.2, -0.15) is 0 Å². The second-order valence-electron chi connectivity index (χ2n) is 5.16. The predicted octanol–water partition coefficient (Wildman–Crippen LogP) is 1.18. The minimum Gasteiger partial charge on any atom is -0.480 e. The Kier molecular flexibility index (Phi) is 8.08. The molecule has 0 heterocycles. The molecule has 1 rings (SSSR count). The number of carboxylic acids is 1. The highest BCUT2D eigenvalue weighted by Crippen LogP contribution is 2.21. The van der Waals surface area contributed by atoms with Gasteiger partial charge in [0.25, 0.3) is 0 Å². The van der Waals surface area contributed by atoms with E-state index >= 15 is 0 Å². The summed E-state index contributed by atoms with van der Waals surface area (Å²) in [6, 6.07) is 5.26. The second kappa shape index (κ2) is 10.0. The van der Waals surface area contributed by atoms with Crippen LogP contribution in [0.15, 0.2) is 49.6 Å². The zero-order valence-electron chi connectivity index (χ0n) is 13.7. The number of ether oxygens (including phenoxy) is 2. The van der Waals surface area contributed by atoms with Crippen LogP contribution in [0.4, 0.5) is 0 Å². The van der Waals surface area contributed by atoms with E-state index in [4.69, 9.17) is 20.3 Å². The van der Waals surface area contributed by atoms with Crippen molar-refractivity contribution in [1.82, 2.24) is 0 Å².